The predicted octanol–water partition coefficient (Wildman–Crippen LogP) is 1.34. The molecule has 3 heterocycles. The maximum Gasteiger partial charge on any atom is 0.235 e. The molecule has 3 aliphatic rings. The Kier molecular flexibility index (Phi) is 2.69. The van der Waals surface area contributed by atoms with Crippen molar-refractivity contribution in [3.63, 3.8) is 0 Å². The largest absolute Gasteiger partial charge is 0.373 e. The molecule has 2 amide bonds. The normalized spacial score (nSPS) is 39.2. The van der Waals surface area contributed by atoms with E-state index in [1.165, 1.54) is 4.90 Å². The topological polar surface area (TPSA) is 46.6 Å². The van der Waals surface area contributed by atoms with E-state index in [1.54, 1.807) is 0 Å². The Morgan fingerprint density at radius 2 is 1.71 bits per heavy atom. The molecule has 0 aromatic rings. The Morgan fingerprint density at radius 1 is 1.12 bits per heavy atom. The third kappa shape index (κ3) is 1.53. The third-order valence-electron chi connectivity index (χ3n) is 4.36. The van der Waals surface area contributed by atoms with E-state index in [0.29, 0.717) is 6.54 Å². The van der Waals surface area contributed by atoms with Crippen LogP contribution in [0.25, 0.3) is 0 Å². The van der Waals surface area contributed by atoms with Crippen LogP contribution in [0.15, 0.2) is 0 Å². The van der Waals surface area contributed by atoms with Crippen molar-refractivity contribution in [2.75, 3.05) is 6.54 Å². The van der Waals surface area contributed by atoms with E-state index in [9.17, 15) is 9.59 Å². The predicted molar refractivity (Wildman–Crippen MR) is 61.1 cm³/mol. The van der Waals surface area contributed by atoms with E-state index in [0.717, 1.165) is 32.1 Å². The zero-order chi connectivity index (χ0) is 12.0. The summed E-state index contributed by atoms with van der Waals surface area (Å²) in [5, 5.41) is 0. The maximum absolute atomic E-state index is 12.2. The van der Waals surface area contributed by atoms with Gasteiger partial charge in [-0.05, 0) is 19.3 Å². The van der Waals surface area contributed by atoms with Gasteiger partial charge in [-0.2, -0.15) is 0 Å². The fourth-order valence-electron chi connectivity index (χ4n) is 3.51. The van der Waals surface area contributed by atoms with Crippen LogP contribution in [0, 0.1) is 11.8 Å². The molecular formula is C13H19NO3. The van der Waals surface area contributed by atoms with E-state index in [1.807, 2.05) is 0 Å². The Labute approximate surface area is 101 Å². The molecule has 3 rings (SSSR count). The highest BCUT2D eigenvalue weighted by molar-refractivity contribution is 6.06. The highest BCUT2D eigenvalue weighted by atomic mass is 16.5. The number of likely N-dealkylation sites (tertiary alicyclic amines) is 1. The van der Waals surface area contributed by atoms with Crippen molar-refractivity contribution in [2.45, 2.75) is 51.2 Å². The number of fused-ring (bicyclic) bond motifs is 5. The first kappa shape index (κ1) is 11.2. The molecule has 0 aromatic heterocycles. The summed E-state index contributed by atoms with van der Waals surface area (Å²) in [4.78, 5) is 25.9. The molecule has 4 nitrogen and oxygen atoms in total. The van der Waals surface area contributed by atoms with Crippen molar-refractivity contribution in [3.05, 3.63) is 0 Å². The first-order valence-corrected chi connectivity index (χ1v) is 6.74. The Balaban J connectivity index is 1.72. The molecule has 3 fully saturated rings. The summed E-state index contributed by atoms with van der Waals surface area (Å²) in [7, 11) is 0. The van der Waals surface area contributed by atoms with Crippen LogP contribution in [0.3, 0.4) is 0 Å². The van der Waals surface area contributed by atoms with Crippen LogP contribution in [0.5, 0.6) is 0 Å². The van der Waals surface area contributed by atoms with Crippen molar-refractivity contribution in [1.29, 1.82) is 0 Å². The van der Waals surface area contributed by atoms with Crippen molar-refractivity contribution < 1.29 is 14.3 Å². The summed E-state index contributed by atoms with van der Waals surface area (Å²) in [6.07, 6.45) is 5.08. The molecule has 2 bridgehead atoms. The standard InChI is InChI=1S/C13H19NO3/c1-2-3-4-7-14-12(15)10-8-5-6-9(17-8)11(10)13(14)16/h8-11H,2-7H2,1H3/t8-,9-,10-,11+/m0/s1. The third-order valence-corrected chi connectivity index (χ3v) is 4.36. The lowest BCUT2D eigenvalue weighted by atomic mass is 9.81. The van der Waals surface area contributed by atoms with Gasteiger partial charge in [0.2, 0.25) is 11.8 Å². The second-order valence-electron chi connectivity index (χ2n) is 5.38. The molecular weight excluding hydrogens is 218 g/mol. The molecule has 0 spiro atoms. The van der Waals surface area contributed by atoms with Gasteiger partial charge in [0.15, 0.2) is 0 Å². The molecule has 0 N–H and O–H groups in total. The van der Waals surface area contributed by atoms with Gasteiger partial charge in [-0.15, -0.1) is 0 Å². The van der Waals surface area contributed by atoms with Gasteiger partial charge in [-0.3, -0.25) is 14.5 Å². The Bertz CT molecular complexity index is 327. The summed E-state index contributed by atoms with van der Waals surface area (Å²) >= 11 is 0. The highest BCUT2D eigenvalue weighted by Gasteiger charge is 2.61. The van der Waals surface area contributed by atoms with E-state index in [2.05, 4.69) is 6.92 Å². The number of amides is 2. The summed E-state index contributed by atoms with van der Waals surface area (Å²) in [6, 6.07) is 0. The molecule has 0 aliphatic carbocycles. The van der Waals surface area contributed by atoms with Gasteiger partial charge in [0.25, 0.3) is 0 Å². The lowest BCUT2D eigenvalue weighted by molar-refractivity contribution is -0.142. The first-order valence-electron chi connectivity index (χ1n) is 6.74. The first-order chi connectivity index (χ1) is 8.24. The van der Waals surface area contributed by atoms with Crippen LogP contribution in [-0.4, -0.2) is 35.5 Å². The monoisotopic (exact) mass is 237 g/mol. The summed E-state index contributed by atoms with van der Waals surface area (Å²) in [5.41, 5.74) is 0. The number of rotatable bonds is 4. The molecule has 4 atom stereocenters. The van der Waals surface area contributed by atoms with Crippen LogP contribution in [0.4, 0.5) is 0 Å². The Morgan fingerprint density at radius 3 is 2.24 bits per heavy atom. The van der Waals surface area contributed by atoms with E-state index < -0.39 is 0 Å². The van der Waals surface area contributed by atoms with Gasteiger partial charge in [0, 0.05) is 6.54 Å². The van der Waals surface area contributed by atoms with Crippen molar-refractivity contribution in [1.82, 2.24) is 4.90 Å². The molecule has 0 unspecified atom stereocenters. The maximum atomic E-state index is 12.2. The van der Waals surface area contributed by atoms with Crippen LogP contribution in [0.2, 0.25) is 0 Å². The van der Waals surface area contributed by atoms with Crippen molar-refractivity contribution >= 4 is 11.8 Å². The van der Waals surface area contributed by atoms with Gasteiger partial charge < -0.3 is 4.74 Å². The quantitative estimate of drug-likeness (QED) is 0.547. The molecule has 17 heavy (non-hydrogen) atoms. The number of hydrogen-bond donors (Lipinski definition) is 0. The lowest BCUT2D eigenvalue weighted by Crippen LogP contribution is -2.35. The summed E-state index contributed by atoms with van der Waals surface area (Å²) in [6.45, 7) is 2.73. The van der Waals surface area contributed by atoms with Gasteiger partial charge in [0.1, 0.15) is 0 Å². The Hall–Kier alpha value is -0.900. The summed E-state index contributed by atoms with van der Waals surface area (Å²) < 4.78 is 5.69. The molecule has 3 saturated heterocycles. The van der Waals surface area contributed by atoms with E-state index >= 15 is 0 Å². The van der Waals surface area contributed by atoms with Gasteiger partial charge in [-0.1, -0.05) is 19.8 Å². The van der Waals surface area contributed by atoms with Gasteiger partial charge in [-0.25, -0.2) is 0 Å². The minimum Gasteiger partial charge on any atom is -0.373 e. The minimum absolute atomic E-state index is 0.0256. The van der Waals surface area contributed by atoms with Crippen LogP contribution < -0.4 is 0 Å². The fraction of sp³-hybridized carbons (Fsp3) is 0.846. The number of unbranched alkanes of at least 4 members (excludes halogenated alkanes) is 2. The van der Waals surface area contributed by atoms with Gasteiger partial charge >= 0.3 is 0 Å². The molecule has 94 valence electrons. The number of imide groups is 1. The molecule has 0 aromatic carbocycles. The average molecular weight is 237 g/mol. The van der Waals surface area contributed by atoms with Crippen LogP contribution >= 0.6 is 0 Å². The zero-order valence-electron chi connectivity index (χ0n) is 10.2. The number of ether oxygens (including phenoxy) is 1. The van der Waals surface area contributed by atoms with Crippen LogP contribution in [0.1, 0.15) is 39.0 Å². The lowest BCUT2D eigenvalue weighted by Gasteiger charge is -2.16. The number of carbonyl (C=O) groups is 2. The summed E-state index contributed by atoms with van der Waals surface area (Å²) in [5.74, 6) is -0.239. The van der Waals surface area contributed by atoms with Crippen molar-refractivity contribution in [2.24, 2.45) is 11.8 Å². The second kappa shape index (κ2) is 4.09. The van der Waals surface area contributed by atoms with Gasteiger partial charge in [0.05, 0.1) is 24.0 Å². The molecule has 4 heteroatoms. The molecule has 0 saturated carbocycles. The van der Waals surface area contributed by atoms with Crippen LogP contribution in [-0.2, 0) is 14.3 Å². The highest BCUT2D eigenvalue weighted by Crippen LogP contribution is 2.48. The van der Waals surface area contributed by atoms with E-state index in [4.69, 9.17) is 4.74 Å². The minimum atomic E-state index is -0.150. The number of nitrogens with zero attached hydrogens (tertiary/aromatic N) is 1. The number of carbonyl (C=O) groups excluding carboxylic acids is 2. The molecule has 0 radical (unpaired) electrons. The second-order valence-corrected chi connectivity index (χ2v) is 5.38. The average Bonchev–Trinajstić information content (AvgIpc) is 2.97. The van der Waals surface area contributed by atoms with Crippen molar-refractivity contribution in [3.8, 4) is 0 Å². The zero-order valence-corrected chi connectivity index (χ0v) is 10.2. The SMILES string of the molecule is CCCCCN1C(=O)[C@@H]2[C@H](C1=O)[C@@H]1CC[C@@H]2O1. The fourth-order valence-corrected chi connectivity index (χ4v) is 3.51. The smallest absolute Gasteiger partial charge is 0.235 e. The van der Waals surface area contributed by atoms with E-state index in [-0.39, 0.29) is 35.9 Å². The molecule has 3 aliphatic heterocycles. The number of hydrogen-bond acceptors (Lipinski definition) is 3.